The Bertz CT molecular complexity index is 1030. The van der Waals surface area contributed by atoms with E-state index in [1.54, 1.807) is 24.3 Å². The smallest absolute Gasteiger partial charge is 0.325 e. The molecular formula is C19H14Cl2N2O4S. The normalized spacial score (nSPS) is 10.5. The third-order valence-electron chi connectivity index (χ3n) is 3.63. The average molecular weight is 437 g/mol. The van der Waals surface area contributed by atoms with Crippen molar-refractivity contribution in [1.29, 1.82) is 0 Å². The molecule has 2 amide bonds. The monoisotopic (exact) mass is 436 g/mol. The summed E-state index contributed by atoms with van der Waals surface area (Å²) in [6.45, 7) is -0.849. The molecule has 2 N–H and O–H groups in total. The number of carbonyl (C=O) groups is 3. The first-order chi connectivity index (χ1) is 13.4. The first-order valence-corrected chi connectivity index (χ1v) is 9.67. The molecule has 0 saturated heterocycles. The molecule has 0 atom stereocenters. The van der Waals surface area contributed by atoms with Crippen LogP contribution in [0.2, 0.25) is 10.0 Å². The van der Waals surface area contributed by atoms with Crippen molar-refractivity contribution in [2.45, 2.75) is 0 Å². The first kappa shape index (κ1) is 20.1. The van der Waals surface area contributed by atoms with Crippen LogP contribution in [-0.2, 0) is 14.3 Å². The van der Waals surface area contributed by atoms with Gasteiger partial charge in [-0.15, -0.1) is 11.3 Å². The molecule has 0 unspecified atom stereocenters. The van der Waals surface area contributed by atoms with Crippen LogP contribution in [0.3, 0.4) is 0 Å². The number of hydrogen-bond donors (Lipinski definition) is 2. The highest BCUT2D eigenvalue weighted by atomic mass is 35.5. The van der Waals surface area contributed by atoms with Crippen LogP contribution in [0, 0.1) is 0 Å². The quantitative estimate of drug-likeness (QED) is 0.569. The van der Waals surface area contributed by atoms with Gasteiger partial charge >= 0.3 is 5.97 Å². The van der Waals surface area contributed by atoms with Crippen LogP contribution in [0.25, 0.3) is 10.1 Å². The van der Waals surface area contributed by atoms with Crippen LogP contribution in [0.4, 0.5) is 5.69 Å². The topological polar surface area (TPSA) is 84.5 Å². The van der Waals surface area contributed by atoms with Gasteiger partial charge in [-0.05, 0) is 30.3 Å². The van der Waals surface area contributed by atoms with Crippen molar-refractivity contribution < 1.29 is 19.1 Å². The van der Waals surface area contributed by atoms with Crippen molar-refractivity contribution in [2.75, 3.05) is 18.5 Å². The molecule has 1 heterocycles. The minimum atomic E-state index is -0.739. The number of hydrogen-bond acceptors (Lipinski definition) is 5. The van der Waals surface area contributed by atoms with Crippen LogP contribution in [-0.4, -0.2) is 30.9 Å². The predicted octanol–water partition coefficient (Wildman–Crippen LogP) is 4.12. The molecule has 1 aromatic heterocycles. The van der Waals surface area contributed by atoms with E-state index in [0.717, 1.165) is 10.1 Å². The highest BCUT2D eigenvalue weighted by molar-refractivity contribution is 7.21. The highest BCUT2D eigenvalue weighted by Gasteiger charge is 2.18. The Labute approximate surface area is 174 Å². The number of amides is 2. The third-order valence-corrected chi connectivity index (χ3v) is 5.55. The van der Waals surface area contributed by atoms with Gasteiger partial charge in [-0.25, -0.2) is 0 Å². The van der Waals surface area contributed by atoms with E-state index in [2.05, 4.69) is 10.6 Å². The number of fused-ring (bicyclic) bond motifs is 1. The molecule has 2 aromatic carbocycles. The van der Waals surface area contributed by atoms with Gasteiger partial charge in [0.2, 0.25) is 0 Å². The van der Waals surface area contributed by atoms with Gasteiger partial charge in [0.05, 0.1) is 5.02 Å². The molecule has 0 aliphatic rings. The van der Waals surface area contributed by atoms with E-state index < -0.39 is 24.4 Å². The number of ether oxygens (including phenoxy) is 1. The molecule has 0 aliphatic carbocycles. The number of thiophene rings is 1. The van der Waals surface area contributed by atoms with Crippen molar-refractivity contribution in [2.24, 2.45) is 0 Å². The van der Waals surface area contributed by atoms with Gasteiger partial charge in [-0.3, -0.25) is 14.4 Å². The van der Waals surface area contributed by atoms with Crippen LogP contribution in [0.15, 0.2) is 48.5 Å². The van der Waals surface area contributed by atoms with Crippen LogP contribution >= 0.6 is 34.5 Å². The second-order valence-electron chi connectivity index (χ2n) is 5.64. The predicted molar refractivity (Wildman–Crippen MR) is 110 cm³/mol. The summed E-state index contributed by atoms with van der Waals surface area (Å²) >= 11 is 13.2. The summed E-state index contributed by atoms with van der Waals surface area (Å²) in [5.74, 6) is -1.72. The summed E-state index contributed by atoms with van der Waals surface area (Å²) in [5.41, 5.74) is 0.526. The van der Waals surface area contributed by atoms with Crippen molar-refractivity contribution >= 4 is 68.1 Å². The zero-order valence-corrected chi connectivity index (χ0v) is 16.7. The Balaban J connectivity index is 1.47. The van der Waals surface area contributed by atoms with Crippen molar-refractivity contribution in [3.8, 4) is 0 Å². The van der Waals surface area contributed by atoms with E-state index in [0.29, 0.717) is 20.6 Å². The molecule has 3 rings (SSSR count). The summed E-state index contributed by atoms with van der Waals surface area (Å²) in [6, 6.07) is 13.8. The second kappa shape index (κ2) is 9.05. The molecule has 0 spiro atoms. The van der Waals surface area contributed by atoms with Crippen LogP contribution < -0.4 is 10.6 Å². The standard InChI is InChI=1S/C19H14Cl2N2O4S/c20-11-5-7-12(8-6-11)23-15(24)10-27-16(25)9-22-19(26)18-17(21)13-3-1-2-4-14(13)28-18/h1-8H,9-10H2,(H,22,26)(H,23,24). The van der Waals surface area contributed by atoms with Gasteiger partial charge in [0.25, 0.3) is 11.8 Å². The molecule has 144 valence electrons. The molecule has 6 nitrogen and oxygen atoms in total. The highest BCUT2D eigenvalue weighted by Crippen LogP contribution is 2.34. The molecule has 9 heteroatoms. The summed E-state index contributed by atoms with van der Waals surface area (Å²) < 4.78 is 5.73. The second-order valence-corrected chi connectivity index (χ2v) is 7.51. The maximum Gasteiger partial charge on any atom is 0.325 e. The fraction of sp³-hybridized carbons (Fsp3) is 0.105. The van der Waals surface area contributed by atoms with Gasteiger partial charge < -0.3 is 15.4 Å². The minimum Gasteiger partial charge on any atom is -0.454 e. The lowest BCUT2D eigenvalue weighted by molar-refractivity contribution is -0.146. The SMILES string of the molecule is O=C(COC(=O)CNC(=O)c1sc2ccccc2c1Cl)Nc1ccc(Cl)cc1. The number of rotatable bonds is 6. The van der Waals surface area contributed by atoms with Crippen LogP contribution in [0.5, 0.6) is 0 Å². The zero-order valence-electron chi connectivity index (χ0n) is 14.3. The maximum absolute atomic E-state index is 12.3. The van der Waals surface area contributed by atoms with E-state index in [9.17, 15) is 14.4 Å². The van der Waals surface area contributed by atoms with E-state index >= 15 is 0 Å². The number of halogens is 2. The van der Waals surface area contributed by atoms with Crippen molar-refractivity contribution in [3.05, 3.63) is 63.5 Å². The Morgan fingerprint density at radius 2 is 1.71 bits per heavy atom. The summed E-state index contributed by atoms with van der Waals surface area (Å²) in [4.78, 5) is 36.1. The van der Waals surface area contributed by atoms with Gasteiger partial charge in [-0.1, -0.05) is 41.4 Å². The first-order valence-electron chi connectivity index (χ1n) is 8.10. The molecule has 3 aromatic rings. The molecule has 0 bridgehead atoms. The Hall–Kier alpha value is -2.61. The molecular weight excluding hydrogens is 423 g/mol. The van der Waals surface area contributed by atoms with E-state index in [-0.39, 0.29) is 6.54 Å². The summed E-state index contributed by atoms with van der Waals surface area (Å²) in [7, 11) is 0. The Kier molecular flexibility index (Phi) is 6.51. The Morgan fingerprint density at radius 3 is 2.43 bits per heavy atom. The number of esters is 1. The summed E-state index contributed by atoms with van der Waals surface area (Å²) in [6.07, 6.45) is 0. The summed E-state index contributed by atoms with van der Waals surface area (Å²) in [5, 5.41) is 6.67. The minimum absolute atomic E-state index is 0.316. The number of anilines is 1. The molecule has 0 aliphatic heterocycles. The van der Waals surface area contributed by atoms with Gasteiger partial charge in [0.1, 0.15) is 11.4 Å². The van der Waals surface area contributed by atoms with Crippen molar-refractivity contribution in [1.82, 2.24) is 5.32 Å². The van der Waals surface area contributed by atoms with Crippen molar-refractivity contribution in [3.63, 3.8) is 0 Å². The fourth-order valence-electron chi connectivity index (χ4n) is 2.32. The lowest BCUT2D eigenvalue weighted by Crippen LogP contribution is -2.32. The van der Waals surface area contributed by atoms with Gasteiger partial charge in [0.15, 0.2) is 6.61 Å². The fourth-order valence-corrected chi connectivity index (χ4v) is 3.88. The number of benzene rings is 2. The molecule has 0 fully saturated rings. The van der Waals surface area contributed by atoms with E-state index in [4.69, 9.17) is 27.9 Å². The number of carbonyl (C=O) groups excluding carboxylic acids is 3. The van der Waals surface area contributed by atoms with E-state index in [1.807, 2.05) is 24.3 Å². The lowest BCUT2D eigenvalue weighted by Gasteiger charge is -2.07. The van der Waals surface area contributed by atoms with Crippen LogP contribution in [0.1, 0.15) is 9.67 Å². The number of nitrogens with one attached hydrogen (secondary N) is 2. The van der Waals surface area contributed by atoms with E-state index in [1.165, 1.54) is 11.3 Å². The molecule has 0 saturated carbocycles. The lowest BCUT2D eigenvalue weighted by atomic mass is 10.2. The zero-order chi connectivity index (χ0) is 20.1. The molecule has 0 radical (unpaired) electrons. The largest absolute Gasteiger partial charge is 0.454 e. The maximum atomic E-state index is 12.3. The average Bonchev–Trinajstić information content (AvgIpc) is 3.03. The van der Waals surface area contributed by atoms with Gasteiger partial charge in [-0.2, -0.15) is 0 Å². The Morgan fingerprint density at radius 1 is 1.00 bits per heavy atom. The van der Waals surface area contributed by atoms with Gasteiger partial charge in [0, 0.05) is 20.8 Å². The third kappa shape index (κ3) is 5.01. The molecule has 28 heavy (non-hydrogen) atoms.